The minimum Gasteiger partial charge on any atom is -0.487 e. The average Bonchev–Trinajstić information content (AvgIpc) is 2.60. The zero-order chi connectivity index (χ0) is 17.5. The number of benzene rings is 2. The van der Waals surface area contributed by atoms with Crippen LogP contribution in [0.25, 0.3) is 0 Å². The highest BCUT2D eigenvalue weighted by molar-refractivity contribution is 9.10. The van der Waals surface area contributed by atoms with Crippen molar-refractivity contribution in [3.05, 3.63) is 45.3 Å². The summed E-state index contributed by atoms with van der Waals surface area (Å²) in [5.74, 6) is 2.49. The lowest BCUT2D eigenvalue weighted by molar-refractivity contribution is 0.0275. The van der Waals surface area contributed by atoms with Crippen LogP contribution in [0.3, 0.4) is 0 Å². The van der Waals surface area contributed by atoms with Crippen molar-refractivity contribution in [3.63, 3.8) is 0 Å². The van der Waals surface area contributed by atoms with Gasteiger partial charge in [0.15, 0.2) is 23.0 Å². The van der Waals surface area contributed by atoms with Gasteiger partial charge in [0.05, 0.1) is 26.4 Å². The molecule has 1 heterocycles. The molecule has 134 valence electrons. The van der Waals surface area contributed by atoms with Gasteiger partial charge in [-0.1, -0.05) is 31.9 Å². The first kappa shape index (κ1) is 18.5. The first-order valence-corrected chi connectivity index (χ1v) is 9.49. The first-order chi connectivity index (χ1) is 12.2. The van der Waals surface area contributed by atoms with E-state index in [9.17, 15) is 0 Å². The quantitative estimate of drug-likeness (QED) is 0.549. The molecule has 0 atom stereocenters. The van der Waals surface area contributed by atoms with Gasteiger partial charge < -0.3 is 23.7 Å². The Morgan fingerprint density at radius 1 is 0.560 bits per heavy atom. The molecule has 0 fully saturated rings. The van der Waals surface area contributed by atoms with Crippen LogP contribution in [0.5, 0.6) is 23.0 Å². The summed E-state index contributed by atoms with van der Waals surface area (Å²) >= 11 is 6.94. The SMILES string of the molecule is Brc1ccc2c(c1)Oc1cc(Br)ccc1OCCOCCOCCO2. The summed E-state index contributed by atoms with van der Waals surface area (Å²) in [6.07, 6.45) is 0. The zero-order valence-electron chi connectivity index (χ0n) is 13.5. The van der Waals surface area contributed by atoms with Gasteiger partial charge in [0.2, 0.25) is 0 Å². The molecule has 0 bridgehead atoms. The number of halogens is 2. The Balaban J connectivity index is 1.89. The van der Waals surface area contributed by atoms with Gasteiger partial charge in [-0.2, -0.15) is 0 Å². The van der Waals surface area contributed by atoms with Gasteiger partial charge >= 0.3 is 0 Å². The molecule has 1 aliphatic rings. The highest BCUT2D eigenvalue weighted by atomic mass is 79.9. The highest BCUT2D eigenvalue weighted by Gasteiger charge is 2.13. The molecule has 0 saturated heterocycles. The molecule has 0 aromatic heterocycles. The van der Waals surface area contributed by atoms with Crippen molar-refractivity contribution in [3.8, 4) is 23.0 Å². The summed E-state index contributed by atoms with van der Waals surface area (Å²) in [5.41, 5.74) is 0. The van der Waals surface area contributed by atoms with Crippen molar-refractivity contribution in [1.82, 2.24) is 0 Å². The zero-order valence-corrected chi connectivity index (χ0v) is 16.7. The second kappa shape index (κ2) is 9.43. The Bertz CT molecular complexity index is 648. The fourth-order valence-corrected chi connectivity index (χ4v) is 2.90. The van der Waals surface area contributed by atoms with Gasteiger partial charge in [0.1, 0.15) is 13.2 Å². The highest BCUT2D eigenvalue weighted by Crippen LogP contribution is 2.39. The molecular weight excluding hydrogens is 456 g/mol. The molecule has 25 heavy (non-hydrogen) atoms. The van der Waals surface area contributed by atoms with Crippen LogP contribution < -0.4 is 14.2 Å². The fourth-order valence-electron chi connectivity index (χ4n) is 2.22. The monoisotopic (exact) mass is 472 g/mol. The number of fused-ring (bicyclic) bond motifs is 2. The Kier molecular flexibility index (Phi) is 6.98. The van der Waals surface area contributed by atoms with Crippen LogP contribution in [0, 0.1) is 0 Å². The van der Waals surface area contributed by atoms with Gasteiger partial charge in [-0.25, -0.2) is 0 Å². The summed E-state index contributed by atoms with van der Waals surface area (Å²) in [7, 11) is 0. The van der Waals surface area contributed by atoms with Gasteiger partial charge in [-0.15, -0.1) is 0 Å². The fraction of sp³-hybridized carbons (Fsp3) is 0.333. The Labute approximate surface area is 163 Å². The van der Waals surface area contributed by atoms with Crippen LogP contribution in [0.1, 0.15) is 0 Å². The van der Waals surface area contributed by atoms with Crippen LogP contribution >= 0.6 is 31.9 Å². The van der Waals surface area contributed by atoms with Crippen molar-refractivity contribution in [1.29, 1.82) is 0 Å². The number of rotatable bonds is 0. The van der Waals surface area contributed by atoms with Crippen LogP contribution in [0.4, 0.5) is 0 Å². The van der Waals surface area contributed by atoms with E-state index in [1.165, 1.54) is 0 Å². The van der Waals surface area contributed by atoms with E-state index in [0.29, 0.717) is 62.6 Å². The molecule has 0 N–H and O–H groups in total. The molecule has 0 aliphatic carbocycles. The molecular formula is C18H18Br2O5. The summed E-state index contributed by atoms with van der Waals surface area (Å²) in [6, 6.07) is 11.3. The lowest BCUT2D eigenvalue weighted by atomic mass is 10.3. The minimum absolute atomic E-state index is 0.430. The third kappa shape index (κ3) is 5.60. The minimum atomic E-state index is 0.430. The van der Waals surface area contributed by atoms with E-state index in [0.717, 1.165) is 8.95 Å². The second-order valence-electron chi connectivity index (χ2n) is 5.21. The topological polar surface area (TPSA) is 46.2 Å². The molecule has 7 heteroatoms. The predicted octanol–water partition coefficient (Wildman–Crippen LogP) is 4.81. The maximum atomic E-state index is 6.09. The standard InChI is InChI=1S/C18H18Br2O5/c19-13-1-3-15-17(11-13)25-18-12-14(20)2-4-16(18)24-10-8-22-6-5-21-7-9-23-15/h1-4,11-12H,5-10H2. The third-order valence-corrected chi connectivity index (χ3v) is 4.36. The molecule has 0 spiro atoms. The predicted molar refractivity (Wildman–Crippen MR) is 101 cm³/mol. The van der Waals surface area contributed by atoms with Crippen molar-refractivity contribution in [2.45, 2.75) is 0 Å². The number of ether oxygens (including phenoxy) is 5. The van der Waals surface area contributed by atoms with E-state index < -0.39 is 0 Å². The van der Waals surface area contributed by atoms with E-state index in [4.69, 9.17) is 23.7 Å². The van der Waals surface area contributed by atoms with Crippen molar-refractivity contribution in [2.75, 3.05) is 39.6 Å². The van der Waals surface area contributed by atoms with E-state index in [1.807, 2.05) is 36.4 Å². The normalized spacial score (nSPS) is 16.1. The van der Waals surface area contributed by atoms with Gasteiger partial charge in [0, 0.05) is 8.95 Å². The van der Waals surface area contributed by atoms with Crippen molar-refractivity contribution < 1.29 is 23.7 Å². The van der Waals surface area contributed by atoms with Crippen LogP contribution in [-0.2, 0) is 9.47 Å². The maximum Gasteiger partial charge on any atom is 0.170 e. The summed E-state index contributed by atoms with van der Waals surface area (Å²) in [4.78, 5) is 0. The number of hydrogen-bond donors (Lipinski definition) is 0. The molecule has 5 nitrogen and oxygen atoms in total. The summed E-state index contributed by atoms with van der Waals surface area (Å²) < 4.78 is 30.4. The molecule has 2 aromatic rings. The van der Waals surface area contributed by atoms with Crippen molar-refractivity contribution >= 4 is 31.9 Å². The van der Waals surface area contributed by atoms with Gasteiger partial charge in [-0.05, 0) is 36.4 Å². The Morgan fingerprint density at radius 2 is 1.00 bits per heavy atom. The van der Waals surface area contributed by atoms with E-state index >= 15 is 0 Å². The van der Waals surface area contributed by atoms with Gasteiger partial charge in [-0.3, -0.25) is 0 Å². The molecule has 0 radical (unpaired) electrons. The van der Waals surface area contributed by atoms with Crippen LogP contribution in [0.2, 0.25) is 0 Å². The van der Waals surface area contributed by atoms with Crippen LogP contribution in [0.15, 0.2) is 45.3 Å². The van der Waals surface area contributed by atoms with Crippen LogP contribution in [-0.4, -0.2) is 39.6 Å². The summed E-state index contributed by atoms with van der Waals surface area (Å²) in [5, 5.41) is 0. The molecule has 2 aromatic carbocycles. The Hall–Kier alpha value is -1.28. The third-order valence-electron chi connectivity index (χ3n) is 3.37. The average molecular weight is 474 g/mol. The van der Waals surface area contributed by atoms with E-state index in [-0.39, 0.29) is 0 Å². The lowest BCUT2D eigenvalue weighted by Crippen LogP contribution is -2.13. The van der Waals surface area contributed by atoms with E-state index in [1.54, 1.807) is 0 Å². The van der Waals surface area contributed by atoms with E-state index in [2.05, 4.69) is 31.9 Å². The number of hydrogen-bond acceptors (Lipinski definition) is 5. The van der Waals surface area contributed by atoms with Crippen molar-refractivity contribution in [2.24, 2.45) is 0 Å². The largest absolute Gasteiger partial charge is 0.487 e. The lowest BCUT2D eigenvalue weighted by Gasteiger charge is -2.15. The molecule has 0 saturated carbocycles. The summed E-state index contributed by atoms with van der Waals surface area (Å²) in [6.45, 7) is 2.88. The molecule has 0 unspecified atom stereocenters. The van der Waals surface area contributed by atoms with Gasteiger partial charge in [0.25, 0.3) is 0 Å². The smallest absolute Gasteiger partial charge is 0.170 e. The maximum absolute atomic E-state index is 6.09. The first-order valence-electron chi connectivity index (χ1n) is 7.90. The second-order valence-corrected chi connectivity index (χ2v) is 7.04. The Morgan fingerprint density at radius 3 is 1.48 bits per heavy atom. The molecule has 0 amide bonds. The molecule has 3 rings (SSSR count). The molecule has 1 aliphatic heterocycles.